The predicted molar refractivity (Wildman–Crippen MR) is 71.8 cm³/mol. The lowest BCUT2D eigenvalue weighted by Gasteiger charge is -2.02. The van der Waals surface area contributed by atoms with Gasteiger partial charge in [0.1, 0.15) is 0 Å². The highest BCUT2D eigenvalue weighted by atomic mass is 32.2. The van der Waals surface area contributed by atoms with E-state index in [1.807, 2.05) is 61.5 Å². The molecule has 2 aromatic rings. The topological polar surface area (TPSA) is 17.1 Å². The minimum absolute atomic E-state index is 0.934. The van der Waals surface area contributed by atoms with Gasteiger partial charge in [-0.2, -0.15) is 0 Å². The summed E-state index contributed by atoms with van der Waals surface area (Å²) in [6.07, 6.45) is 0. The van der Waals surface area contributed by atoms with Crippen LogP contribution >= 0.6 is 0 Å². The van der Waals surface area contributed by atoms with Crippen molar-refractivity contribution in [2.24, 2.45) is 0 Å². The Balaban J connectivity index is 2.22. The molecular formula is C15H12OS. The van der Waals surface area contributed by atoms with Crippen molar-refractivity contribution in [3.8, 4) is 0 Å². The first-order valence-electron chi connectivity index (χ1n) is 5.56. The Morgan fingerprint density at radius 3 is 2.24 bits per heavy atom. The van der Waals surface area contributed by atoms with Crippen molar-refractivity contribution in [3.63, 3.8) is 0 Å². The van der Waals surface area contributed by atoms with E-state index in [-0.39, 0.29) is 0 Å². The van der Waals surface area contributed by atoms with Gasteiger partial charge in [0.2, 0.25) is 0 Å². The lowest BCUT2D eigenvalue weighted by Crippen LogP contribution is -1.90. The number of allylic oxidation sites excluding steroid dienone is 1. The summed E-state index contributed by atoms with van der Waals surface area (Å²) in [5, 5.41) is 0. The van der Waals surface area contributed by atoms with Crippen molar-refractivity contribution in [2.45, 2.75) is 11.8 Å². The van der Waals surface area contributed by atoms with E-state index >= 15 is 0 Å². The Morgan fingerprint density at radius 1 is 0.882 bits per heavy atom. The van der Waals surface area contributed by atoms with Gasteiger partial charge in [0.15, 0.2) is 0 Å². The Labute approximate surface area is 103 Å². The molecule has 0 N–H and O–H groups in total. The maximum Gasteiger partial charge on any atom is 0.0864 e. The van der Waals surface area contributed by atoms with Crippen LogP contribution in [0.15, 0.2) is 59.5 Å². The molecule has 0 bridgehead atoms. The van der Waals surface area contributed by atoms with Gasteiger partial charge in [-0.15, -0.1) is 0 Å². The third-order valence-electron chi connectivity index (χ3n) is 3.05. The molecule has 3 rings (SSSR count). The quantitative estimate of drug-likeness (QED) is 0.743. The van der Waals surface area contributed by atoms with Gasteiger partial charge in [0.05, 0.1) is 20.6 Å². The third kappa shape index (κ3) is 1.56. The van der Waals surface area contributed by atoms with Crippen molar-refractivity contribution < 1.29 is 4.21 Å². The minimum Gasteiger partial charge on any atom is -0.249 e. The van der Waals surface area contributed by atoms with Crippen LogP contribution < -0.4 is 0 Å². The van der Waals surface area contributed by atoms with Gasteiger partial charge in [-0.05, 0) is 29.7 Å². The van der Waals surface area contributed by atoms with Crippen LogP contribution in [0.25, 0.3) is 10.5 Å². The van der Waals surface area contributed by atoms with E-state index in [0.29, 0.717) is 0 Å². The van der Waals surface area contributed by atoms with Crippen LogP contribution in [-0.4, -0.2) is 4.21 Å². The summed E-state index contributed by atoms with van der Waals surface area (Å²) in [7, 11) is -1.04. The van der Waals surface area contributed by atoms with Gasteiger partial charge in [-0.3, -0.25) is 0 Å². The lowest BCUT2D eigenvalue weighted by atomic mass is 10.0. The SMILES string of the molecule is CC1=C(c2ccccc2)S(=O)c2ccccc21. The summed E-state index contributed by atoms with van der Waals surface area (Å²) in [4.78, 5) is 1.88. The standard InChI is InChI=1S/C15H12OS/c1-11-13-9-5-6-10-14(13)17(16)15(11)12-7-3-2-4-8-12/h2-10H,1H3. The zero-order valence-electron chi connectivity index (χ0n) is 9.51. The maximum absolute atomic E-state index is 12.5. The molecule has 2 heteroatoms. The van der Waals surface area contributed by atoms with Crippen LogP contribution in [0.5, 0.6) is 0 Å². The number of rotatable bonds is 1. The van der Waals surface area contributed by atoms with E-state index in [1.165, 1.54) is 0 Å². The van der Waals surface area contributed by atoms with Crippen LogP contribution in [0.4, 0.5) is 0 Å². The molecule has 0 fully saturated rings. The molecule has 1 aliphatic rings. The smallest absolute Gasteiger partial charge is 0.0864 e. The fourth-order valence-corrected chi connectivity index (χ4v) is 3.80. The predicted octanol–water partition coefficient (Wildman–Crippen LogP) is 3.70. The Hall–Kier alpha value is -1.67. The second-order valence-corrected chi connectivity index (χ2v) is 5.47. The summed E-state index contributed by atoms with van der Waals surface area (Å²) >= 11 is 0. The molecule has 0 spiro atoms. The van der Waals surface area contributed by atoms with E-state index in [2.05, 4.69) is 0 Å². The molecule has 2 aromatic carbocycles. The van der Waals surface area contributed by atoms with Crippen LogP contribution in [0.3, 0.4) is 0 Å². The fraction of sp³-hybridized carbons (Fsp3) is 0.0667. The first kappa shape index (κ1) is 10.5. The number of hydrogen-bond donors (Lipinski definition) is 0. The summed E-state index contributed by atoms with van der Waals surface area (Å²) < 4.78 is 12.5. The van der Waals surface area contributed by atoms with Crippen molar-refractivity contribution in [2.75, 3.05) is 0 Å². The van der Waals surface area contributed by atoms with Crippen LogP contribution in [0.1, 0.15) is 18.1 Å². The van der Waals surface area contributed by atoms with Gasteiger partial charge >= 0.3 is 0 Å². The van der Waals surface area contributed by atoms with Crippen molar-refractivity contribution >= 4 is 21.3 Å². The highest BCUT2D eigenvalue weighted by Crippen LogP contribution is 2.40. The molecule has 0 saturated heterocycles. The van der Waals surface area contributed by atoms with Crippen molar-refractivity contribution in [3.05, 3.63) is 65.7 Å². The molecule has 0 amide bonds. The Bertz CT molecular complexity index is 626. The average Bonchev–Trinajstić information content (AvgIpc) is 2.64. The third-order valence-corrected chi connectivity index (χ3v) is 4.72. The first-order valence-corrected chi connectivity index (χ1v) is 6.71. The molecule has 0 radical (unpaired) electrons. The normalized spacial score (nSPS) is 18.3. The van der Waals surface area contributed by atoms with Gasteiger partial charge in [0.25, 0.3) is 0 Å². The summed E-state index contributed by atoms with van der Waals surface area (Å²) in [6.45, 7) is 2.05. The van der Waals surface area contributed by atoms with E-state index in [4.69, 9.17) is 0 Å². The van der Waals surface area contributed by atoms with E-state index < -0.39 is 10.8 Å². The largest absolute Gasteiger partial charge is 0.249 e. The molecule has 1 atom stereocenters. The second kappa shape index (κ2) is 3.97. The highest BCUT2D eigenvalue weighted by molar-refractivity contribution is 7.95. The minimum atomic E-state index is -1.04. The molecule has 84 valence electrons. The van der Waals surface area contributed by atoms with Crippen molar-refractivity contribution in [1.82, 2.24) is 0 Å². The van der Waals surface area contributed by atoms with E-state index in [1.54, 1.807) is 0 Å². The lowest BCUT2D eigenvalue weighted by molar-refractivity contribution is 0.689. The van der Waals surface area contributed by atoms with E-state index in [0.717, 1.165) is 26.5 Å². The van der Waals surface area contributed by atoms with Gasteiger partial charge in [-0.25, -0.2) is 4.21 Å². The summed E-state index contributed by atoms with van der Waals surface area (Å²) in [6, 6.07) is 17.9. The highest BCUT2D eigenvalue weighted by Gasteiger charge is 2.26. The Kier molecular flexibility index (Phi) is 2.45. The van der Waals surface area contributed by atoms with Gasteiger partial charge < -0.3 is 0 Å². The maximum atomic E-state index is 12.5. The van der Waals surface area contributed by atoms with Crippen LogP contribution in [-0.2, 0) is 10.8 Å². The zero-order valence-corrected chi connectivity index (χ0v) is 10.3. The molecule has 1 unspecified atom stereocenters. The second-order valence-electron chi connectivity index (χ2n) is 4.09. The van der Waals surface area contributed by atoms with Gasteiger partial charge in [-0.1, -0.05) is 48.5 Å². The molecular weight excluding hydrogens is 228 g/mol. The average molecular weight is 240 g/mol. The van der Waals surface area contributed by atoms with Crippen LogP contribution in [0.2, 0.25) is 0 Å². The van der Waals surface area contributed by atoms with Gasteiger partial charge in [0, 0.05) is 0 Å². The first-order chi connectivity index (χ1) is 8.29. The molecule has 1 heterocycles. The molecule has 0 aromatic heterocycles. The van der Waals surface area contributed by atoms with E-state index in [9.17, 15) is 4.21 Å². The summed E-state index contributed by atoms with van der Waals surface area (Å²) in [5.41, 5.74) is 3.30. The number of hydrogen-bond acceptors (Lipinski definition) is 1. The molecule has 1 nitrogen and oxygen atoms in total. The summed E-state index contributed by atoms with van der Waals surface area (Å²) in [5.74, 6) is 0. The number of fused-ring (bicyclic) bond motifs is 1. The number of benzene rings is 2. The molecule has 0 saturated carbocycles. The fourth-order valence-electron chi connectivity index (χ4n) is 2.22. The molecule has 0 aliphatic carbocycles. The molecule has 17 heavy (non-hydrogen) atoms. The zero-order chi connectivity index (χ0) is 11.8. The van der Waals surface area contributed by atoms with Crippen LogP contribution in [0, 0.1) is 0 Å². The molecule has 1 aliphatic heterocycles. The Morgan fingerprint density at radius 2 is 1.53 bits per heavy atom. The van der Waals surface area contributed by atoms with Crippen molar-refractivity contribution in [1.29, 1.82) is 0 Å². The monoisotopic (exact) mass is 240 g/mol.